The Morgan fingerprint density at radius 3 is 1.82 bits per heavy atom. The maximum absolute atomic E-state index is 5.21. The van der Waals surface area contributed by atoms with Crippen LogP contribution in [0.2, 0.25) is 0 Å². The molecule has 0 spiro atoms. The first-order chi connectivity index (χ1) is 30.1. The van der Waals surface area contributed by atoms with E-state index in [0.717, 1.165) is 78.2 Å². The molecule has 0 amide bonds. The molecule has 0 atom stereocenters. The number of fused-ring (bicyclic) bond motifs is 4. The summed E-state index contributed by atoms with van der Waals surface area (Å²) in [5, 5.41) is 6.27. The molecule has 0 aliphatic carbocycles. The zero-order valence-corrected chi connectivity index (χ0v) is 36.5. The van der Waals surface area contributed by atoms with Gasteiger partial charge in [-0.2, -0.15) is 35.3 Å². The topological polar surface area (TPSA) is 37.1 Å². The van der Waals surface area contributed by atoms with Crippen molar-refractivity contribution < 1.29 is 26.0 Å². The summed E-state index contributed by atoms with van der Waals surface area (Å²) in [6.07, 6.45) is 1.93. The van der Waals surface area contributed by atoms with Gasteiger partial charge in [-0.25, -0.2) is 4.98 Å². The van der Waals surface area contributed by atoms with Crippen LogP contribution in [0, 0.1) is 26.0 Å². The standard InChI is InChI=1S/C56H40N4O.Pt/c1-39-18-16-19-40(2)55(39)41-34-35-57-54(36-41)58-50-29-13-12-28-48(50)49-33-32-45(38-53(49)58)56(42-20-6-3-7-21-42,43-22-8-4-9-23-43)44-24-17-27-47(37-44)60-52-31-15-14-30-51(52)59(61-60)46-25-10-5-11-26-46;/h3-36H,1-2H3;/q-2;/p+1. The average molecular weight is 981 g/mol. The van der Waals surface area contributed by atoms with Crippen molar-refractivity contribution in [2.45, 2.75) is 19.3 Å². The predicted octanol–water partition coefficient (Wildman–Crippen LogP) is 13.6. The van der Waals surface area contributed by atoms with Gasteiger partial charge in [-0.15, -0.1) is 33.7 Å². The Kier molecular flexibility index (Phi) is 10.2. The monoisotopic (exact) mass is 980 g/mol. The van der Waals surface area contributed by atoms with Gasteiger partial charge in [0.2, 0.25) is 0 Å². The first-order valence-corrected chi connectivity index (χ1v) is 20.7. The molecule has 5 nitrogen and oxygen atoms in total. The number of para-hydroxylation sites is 4. The van der Waals surface area contributed by atoms with E-state index < -0.39 is 5.41 Å². The molecular weight excluding hydrogens is 940 g/mol. The number of benzene rings is 8. The third-order valence-corrected chi connectivity index (χ3v) is 12.1. The first-order valence-electron chi connectivity index (χ1n) is 20.7. The molecule has 0 fully saturated rings. The van der Waals surface area contributed by atoms with Crippen molar-refractivity contribution in [3.05, 3.63) is 252 Å². The number of pyridine rings is 1. The Bertz CT molecular complexity index is 3160. The molecule has 1 aliphatic heterocycles. The van der Waals surface area contributed by atoms with E-state index in [1.165, 1.54) is 16.7 Å². The van der Waals surface area contributed by atoms with Gasteiger partial charge in [0, 0.05) is 43.9 Å². The summed E-state index contributed by atoms with van der Waals surface area (Å²) in [6.45, 7) is 4.36. The molecule has 0 saturated carbocycles. The van der Waals surface area contributed by atoms with E-state index in [0.29, 0.717) is 0 Å². The van der Waals surface area contributed by atoms with Crippen molar-refractivity contribution >= 4 is 44.6 Å². The Labute approximate surface area is 376 Å². The zero-order chi connectivity index (χ0) is 40.9. The number of aromatic nitrogens is 2. The molecule has 302 valence electrons. The minimum atomic E-state index is -0.833. The van der Waals surface area contributed by atoms with Gasteiger partial charge in [0.1, 0.15) is 22.9 Å². The Morgan fingerprint density at radius 2 is 1.11 bits per heavy atom. The summed E-state index contributed by atoms with van der Waals surface area (Å²) >= 11 is 0. The molecule has 62 heavy (non-hydrogen) atoms. The smallest absolute Gasteiger partial charge is 0.148 e. The van der Waals surface area contributed by atoms with Crippen LogP contribution in [0.1, 0.15) is 33.4 Å². The van der Waals surface area contributed by atoms with E-state index in [1.807, 2.05) is 34.5 Å². The largest absolute Gasteiger partial charge is 0.319 e. The molecule has 1 aliphatic rings. The Morgan fingerprint density at radius 1 is 0.516 bits per heavy atom. The molecule has 1 N–H and O–H groups in total. The van der Waals surface area contributed by atoms with Crippen LogP contribution in [-0.2, 0) is 26.5 Å². The Hall–Kier alpha value is -7.04. The summed E-state index contributed by atoms with van der Waals surface area (Å²) in [7, 11) is 0. The van der Waals surface area contributed by atoms with Gasteiger partial charge >= 0.3 is 0 Å². The van der Waals surface area contributed by atoms with Crippen molar-refractivity contribution in [3.63, 3.8) is 0 Å². The summed E-state index contributed by atoms with van der Waals surface area (Å²) in [6, 6.07) is 78.6. The third kappa shape index (κ3) is 6.36. The van der Waals surface area contributed by atoms with Crippen LogP contribution in [0.15, 0.2) is 206 Å². The number of aryl methyl sites for hydroxylation is 2. The zero-order valence-electron chi connectivity index (χ0n) is 34.2. The van der Waals surface area contributed by atoms with Gasteiger partial charge in [-0.05, 0) is 95.1 Å². The quantitative estimate of drug-likeness (QED) is 0.0865. The number of rotatable bonds is 8. The fourth-order valence-corrected chi connectivity index (χ4v) is 9.37. The van der Waals surface area contributed by atoms with Crippen molar-refractivity contribution in [2.75, 3.05) is 10.1 Å². The fourth-order valence-electron chi connectivity index (χ4n) is 9.37. The van der Waals surface area contributed by atoms with Gasteiger partial charge in [-0.3, -0.25) is 0 Å². The average Bonchev–Trinajstić information content (AvgIpc) is 3.87. The van der Waals surface area contributed by atoms with Crippen LogP contribution in [0.3, 0.4) is 0 Å². The van der Waals surface area contributed by atoms with Crippen LogP contribution in [0.25, 0.3) is 38.8 Å². The molecule has 0 unspecified atom stereocenters. The van der Waals surface area contributed by atoms with E-state index in [1.54, 1.807) is 0 Å². The van der Waals surface area contributed by atoms with Gasteiger partial charge in [-0.1, -0.05) is 138 Å². The van der Waals surface area contributed by atoms with E-state index in [9.17, 15) is 0 Å². The van der Waals surface area contributed by atoms with Gasteiger partial charge in [0.25, 0.3) is 0 Å². The van der Waals surface area contributed by atoms with Crippen LogP contribution >= 0.6 is 0 Å². The van der Waals surface area contributed by atoms with Crippen LogP contribution < -0.4 is 10.1 Å². The normalized spacial score (nSPS) is 12.4. The van der Waals surface area contributed by atoms with Crippen LogP contribution in [-0.4, -0.2) is 14.5 Å². The minimum absolute atomic E-state index is 0. The molecule has 3 heterocycles. The van der Waals surface area contributed by atoms with E-state index in [4.69, 9.17) is 9.92 Å². The summed E-state index contributed by atoms with van der Waals surface area (Å²) in [5.41, 5.74) is 14.0. The second-order valence-electron chi connectivity index (χ2n) is 15.6. The molecule has 0 bridgehead atoms. The summed E-state index contributed by atoms with van der Waals surface area (Å²) in [5.74, 6) is 0.843. The number of hydrogen-bond donors (Lipinski definition) is 0. The SMILES string of the molecule is Cc1cccc(C)c1-c1ccnc(-n2c3[c-]c(C(c4[c-]c(N5[OH+]N(c6ccccc6)c6ccccc65)ccc4)(c4ccccc4)c4ccccc4)ccc3c3ccccc32)c1.[Pt]. The summed E-state index contributed by atoms with van der Waals surface area (Å²) < 4.78 is 2.28. The Balaban J connectivity index is 0.00000458. The maximum Gasteiger partial charge on any atom is 0.148 e. The second-order valence-corrected chi connectivity index (χ2v) is 15.6. The number of nitrogens with zero attached hydrogens (tertiary/aromatic N) is 4. The minimum Gasteiger partial charge on any atom is -0.319 e. The third-order valence-electron chi connectivity index (χ3n) is 12.1. The molecule has 2 aromatic heterocycles. The van der Waals surface area contributed by atoms with Crippen LogP contribution in [0.4, 0.5) is 22.7 Å². The van der Waals surface area contributed by atoms with E-state index >= 15 is 0 Å². The molecular formula is C56H41N4OPt-. The predicted molar refractivity (Wildman–Crippen MR) is 248 cm³/mol. The fraction of sp³-hybridized carbons (Fsp3) is 0.0536. The molecule has 0 saturated heterocycles. The summed E-state index contributed by atoms with van der Waals surface area (Å²) in [4.78, 5) is 10.3. The van der Waals surface area contributed by atoms with E-state index in [-0.39, 0.29) is 21.1 Å². The first kappa shape index (κ1) is 39.1. The van der Waals surface area contributed by atoms with Crippen molar-refractivity contribution in [1.29, 1.82) is 0 Å². The van der Waals surface area contributed by atoms with Gasteiger partial charge < -0.3 is 4.57 Å². The molecule has 11 rings (SSSR count). The van der Waals surface area contributed by atoms with Crippen LogP contribution in [0.5, 0.6) is 0 Å². The van der Waals surface area contributed by atoms with E-state index in [2.05, 4.69) is 213 Å². The molecule has 8 aromatic carbocycles. The van der Waals surface area contributed by atoms with Gasteiger partial charge in [0.15, 0.2) is 0 Å². The van der Waals surface area contributed by atoms with Crippen molar-refractivity contribution in [1.82, 2.24) is 9.55 Å². The number of anilines is 4. The maximum atomic E-state index is 5.21. The van der Waals surface area contributed by atoms with Crippen molar-refractivity contribution in [2.24, 2.45) is 0 Å². The molecule has 10 aromatic rings. The van der Waals surface area contributed by atoms with Crippen molar-refractivity contribution in [3.8, 4) is 16.9 Å². The number of hydrogen-bond acceptors (Lipinski definition) is 3. The second kappa shape index (κ2) is 16.1. The van der Waals surface area contributed by atoms with Gasteiger partial charge in [0.05, 0.1) is 0 Å². The molecule has 0 radical (unpaired) electrons. The molecule has 6 heteroatoms.